The number of nitrogens with zero attached hydrogens (tertiary/aromatic N) is 2. The molecule has 0 spiro atoms. The number of carbonyl (C=O) groups excluding carboxylic acids is 2. The summed E-state index contributed by atoms with van der Waals surface area (Å²) in [5.41, 5.74) is 1.25. The fourth-order valence-electron chi connectivity index (χ4n) is 3.31. The summed E-state index contributed by atoms with van der Waals surface area (Å²) in [5.74, 6) is -2.48. The fraction of sp³-hybridized carbons (Fsp3) is 0.333. The van der Waals surface area contributed by atoms with E-state index in [1.807, 2.05) is 38.1 Å². The molecule has 3 rings (SSSR count). The molecule has 1 heterocycles. The maximum atomic E-state index is 13.4. The van der Waals surface area contributed by atoms with Crippen molar-refractivity contribution in [3.8, 4) is 0 Å². The number of hydrogen-bond acceptors (Lipinski definition) is 6. The maximum Gasteiger partial charge on any atom is 0.248 e. The Bertz CT molecular complexity index is 1140. The highest BCUT2D eigenvalue weighted by Gasteiger charge is 2.22. The largest absolute Gasteiger partial charge is 0.344 e. The van der Waals surface area contributed by atoms with Crippen LogP contribution in [-0.2, 0) is 22.6 Å². The summed E-state index contributed by atoms with van der Waals surface area (Å²) in [6.07, 6.45) is 0.779. The van der Waals surface area contributed by atoms with Crippen molar-refractivity contribution in [3.05, 3.63) is 75.3 Å². The van der Waals surface area contributed by atoms with Crippen molar-refractivity contribution < 1.29 is 18.4 Å². The highest BCUT2D eigenvalue weighted by atomic mass is 35.5. The zero-order chi connectivity index (χ0) is 25.4. The van der Waals surface area contributed by atoms with Crippen molar-refractivity contribution >= 4 is 39.9 Å². The number of rotatable bonds is 11. The number of halogens is 3. The van der Waals surface area contributed by atoms with Gasteiger partial charge in [-0.2, -0.15) is 0 Å². The van der Waals surface area contributed by atoms with E-state index in [0.717, 1.165) is 23.8 Å². The smallest absolute Gasteiger partial charge is 0.248 e. The normalized spacial score (nSPS) is 12.7. The third-order valence-corrected chi connectivity index (χ3v) is 6.36. The Morgan fingerprint density at radius 3 is 2.40 bits per heavy atom. The Hall–Kier alpha value is -2.95. The summed E-state index contributed by atoms with van der Waals surface area (Å²) >= 11 is 7.14. The first-order chi connectivity index (χ1) is 16.7. The van der Waals surface area contributed by atoms with E-state index in [4.69, 9.17) is 11.6 Å². The Labute approximate surface area is 211 Å². The lowest BCUT2D eigenvalue weighted by Gasteiger charge is -2.17. The predicted octanol–water partition coefficient (Wildman–Crippen LogP) is 4.79. The molecule has 11 heteroatoms. The van der Waals surface area contributed by atoms with E-state index in [1.165, 1.54) is 11.3 Å². The molecule has 3 aromatic rings. The van der Waals surface area contributed by atoms with Crippen LogP contribution >= 0.6 is 22.9 Å². The quantitative estimate of drug-likeness (QED) is 0.337. The van der Waals surface area contributed by atoms with Crippen LogP contribution in [0.3, 0.4) is 0 Å². The molecule has 0 radical (unpaired) electrons. The molecule has 0 aliphatic heterocycles. The Morgan fingerprint density at radius 2 is 1.74 bits per heavy atom. The molecule has 2 atom stereocenters. The minimum atomic E-state index is -0.821. The van der Waals surface area contributed by atoms with Gasteiger partial charge in [-0.1, -0.05) is 48.4 Å². The molecule has 7 nitrogen and oxygen atoms in total. The van der Waals surface area contributed by atoms with Gasteiger partial charge in [0, 0.05) is 17.6 Å². The lowest BCUT2D eigenvalue weighted by molar-refractivity contribution is -0.126. The molecular weight excluding hydrogens is 496 g/mol. The summed E-state index contributed by atoms with van der Waals surface area (Å²) in [7, 11) is 0. The van der Waals surface area contributed by atoms with Crippen LogP contribution in [0, 0.1) is 11.6 Å². The van der Waals surface area contributed by atoms with Gasteiger partial charge in [-0.05, 0) is 48.7 Å². The van der Waals surface area contributed by atoms with Crippen LogP contribution in [0.1, 0.15) is 48.9 Å². The molecule has 3 N–H and O–H groups in total. The zero-order valence-electron chi connectivity index (χ0n) is 19.3. The summed E-state index contributed by atoms with van der Waals surface area (Å²) in [6, 6.07) is 9.49. The lowest BCUT2D eigenvalue weighted by atomic mass is 10.1. The standard InChI is InChI=1S/C24H26ClF2N5O2S/c1-3-4-20(29-21(33)11-16-9-18(26)12-19(27)10-16)22(34)30-24-32-31-23(35-24)14(2)28-13-15-5-7-17(25)8-6-15/h5-10,12,14,20,28H,3-4,11,13H2,1-2H3,(H,29,33)(H,30,32,34). The van der Waals surface area contributed by atoms with Crippen molar-refractivity contribution in [2.75, 3.05) is 5.32 Å². The average molecular weight is 522 g/mol. The minimum Gasteiger partial charge on any atom is -0.344 e. The van der Waals surface area contributed by atoms with E-state index in [2.05, 4.69) is 26.1 Å². The summed E-state index contributed by atoms with van der Waals surface area (Å²) in [6.45, 7) is 4.43. The van der Waals surface area contributed by atoms with Gasteiger partial charge in [0.15, 0.2) is 0 Å². The SMILES string of the molecule is CCCC(NC(=O)Cc1cc(F)cc(F)c1)C(=O)Nc1nnc(C(C)NCc2ccc(Cl)cc2)s1. The number of carbonyl (C=O) groups is 2. The molecular formula is C24H26ClF2N5O2S. The van der Waals surface area contributed by atoms with Gasteiger partial charge in [-0.25, -0.2) is 8.78 Å². The van der Waals surface area contributed by atoms with Crippen LogP contribution in [0.2, 0.25) is 5.02 Å². The Kier molecular flexibility index (Phi) is 9.64. The van der Waals surface area contributed by atoms with Gasteiger partial charge in [0.1, 0.15) is 22.7 Å². The monoisotopic (exact) mass is 521 g/mol. The van der Waals surface area contributed by atoms with Gasteiger partial charge in [0.25, 0.3) is 0 Å². The van der Waals surface area contributed by atoms with Crippen molar-refractivity contribution in [3.63, 3.8) is 0 Å². The lowest BCUT2D eigenvalue weighted by Crippen LogP contribution is -2.44. The second-order valence-corrected chi connectivity index (χ2v) is 9.47. The van der Waals surface area contributed by atoms with E-state index in [9.17, 15) is 18.4 Å². The number of anilines is 1. The molecule has 186 valence electrons. The van der Waals surface area contributed by atoms with Gasteiger partial charge in [0.05, 0.1) is 12.5 Å². The molecule has 0 saturated carbocycles. The van der Waals surface area contributed by atoms with Crippen LogP contribution < -0.4 is 16.0 Å². The van der Waals surface area contributed by atoms with E-state index in [0.29, 0.717) is 34.5 Å². The van der Waals surface area contributed by atoms with Crippen molar-refractivity contribution in [1.82, 2.24) is 20.8 Å². The van der Waals surface area contributed by atoms with Gasteiger partial charge in [0.2, 0.25) is 16.9 Å². The number of nitrogens with one attached hydrogen (secondary N) is 3. The van der Waals surface area contributed by atoms with Crippen LogP contribution in [0.15, 0.2) is 42.5 Å². The molecule has 2 unspecified atom stereocenters. The second-order valence-electron chi connectivity index (χ2n) is 8.03. The Balaban J connectivity index is 1.55. The van der Waals surface area contributed by atoms with Crippen molar-refractivity contribution in [2.45, 2.75) is 51.7 Å². The van der Waals surface area contributed by atoms with E-state index in [1.54, 1.807) is 0 Å². The summed E-state index contributed by atoms with van der Waals surface area (Å²) in [5, 5.41) is 18.5. The zero-order valence-corrected chi connectivity index (χ0v) is 20.9. The minimum absolute atomic E-state index is 0.105. The molecule has 0 aliphatic rings. The second kappa shape index (κ2) is 12.7. The maximum absolute atomic E-state index is 13.4. The van der Waals surface area contributed by atoms with Gasteiger partial charge in [-0.3, -0.25) is 14.9 Å². The van der Waals surface area contributed by atoms with Crippen molar-refractivity contribution in [1.29, 1.82) is 0 Å². The van der Waals surface area contributed by atoms with Crippen LogP contribution in [0.5, 0.6) is 0 Å². The third kappa shape index (κ3) is 8.34. The molecule has 0 bridgehead atoms. The molecule has 1 aromatic heterocycles. The first kappa shape index (κ1) is 26.7. The number of hydrogen-bond donors (Lipinski definition) is 3. The van der Waals surface area contributed by atoms with Crippen LogP contribution in [0.4, 0.5) is 13.9 Å². The van der Waals surface area contributed by atoms with Crippen LogP contribution in [-0.4, -0.2) is 28.1 Å². The van der Waals surface area contributed by atoms with Crippen molar-refractivity contribution in [2.24, 2.45) is 0 Å². The number of benzene rings is 2. The Morgan fingerprint density at radius 1 is 1.06 bits per heavy atom. The van der Waals surface area contributed by atoms with E-state index >= 15 is 0 Å². The van der Waals surface area contributed by atoms with E-state index < -0.39 is 29.5 Å². The summed E-state index contributed by atoms with van der Waals surface area (Å²) < 4.78 is 26.8. The van der Waals surface area contributed by atoms with Gasteiger partial charge < -0.3 is 10.6 Å². The number of amides is 2. The highest BCUT2D eigenvalue weighted by molar-refractivity contribution is 7.15. The molecule has 0 fully saturated rings. The fourth-order valence-corrected chi connectivity index (χ4v) is 4.21. The topological polar surface area (TPSA) is 96.0 Å². The molecule has 2 amide bonds. The molecule has 0 saturated heterocycles. The van der Waals surface area contributed by atoms with Gasteiger partial charge in [-0.15, -0.1) is 10.2 Å². The molecule has 35 heavy (non-hydrogen) atoms. The van der Waals surface area contributed by atoms with E-state index in [-0.39, 0.29) is 18.0 Å². The first-order valence-corrected chi connectivity index (χ1v) is 12.3. The van der Waals surface area contributed by atoms with Crippen LogP contribution in [0.25, 0.3) is 0 Å². The average Bonchev–Trinajstić information content (AvgIpc) is 3.26. The highest BCUT2D eigenvalue weighted by Crippen LogP contribution is 2.22. The first-order valence-electron chi connectivity index (χ1n) is 11.1. The summed E-state index contributed by atoms with van der Waals surface area (Å²) in [4.78, 5) is 25.2. The van der Waals surface area contributed by atoms with Gasteiger partial charge >= 0.3 is 0 Å². The molecule has 2 aromatic carbocycles. The number of aromatic nitrogens is 2. The third-order valence-electron chi connectivity index (χ3n) is 5.08. The predicted molar refractivity (Wildman–Crippen MR) is 132 cm³/mol. The molecule has 0 aliphatic carbocycles.